The molecule has 1 aliphatic heterocycles. The second kappa shape index (κ2) is 3.51. The second-order valence-corrected chi connectivity index (χ2v) is 3.59. The molecule has 0 radical (unpaired) electrons. The molecule has 0 spiro atoms. The van der Waals surface area contributed by atoms with Crippen LogP contribution in [0.2, 0.25) is 0 Å². The van der Waals surface area contributed by atoms with E-state index < -0.39 is 0 Å². The number of hydrogen-bond donors (Lipinski definition) is 3. The fraction of sp³-hybridized carbons (Fsp3) is 0.400. The lowest BCUT2D eigenvalue weighted by molar-refractivity contribution is 0.0469. The van der Waals surface area contributed by atoms with E-state index >= 15 is 0 Å². The van der Waals surface area contributed by atoms with Crippen LogP contribution in [-0.2, 0) is 0 Å². The van der Waals surface area contributed by atoms with Crippen molar-refractivity contribution in [3.63, 3.8) is 0 Å². The van der Waals surface area contributed by atoms with Crippen molar-refractivity contribution in [1.82, 2.24) is 0 Å². The molecule has 0 aliphatic carbocycles. The Morgan fingerprint density at radius 2 is 2.20 bits per heavy atom. The lowest BCUT2D eigenvalue weighted by atomic mass is 10.1. The average Bonchev–Trinajstić information content (AvgIpc) is 2.25. The third-order valence-corrected chi connectivity index (χ3v) is 2.41. The Kier molecular flexibility index (Phi) is 2.32. The van der Waals surface area contributed by atoms with Crippen molar-refractivity contribution in [1.29, 1.82) is 0 Å². The highest BCUT2D eigenvalue weighted by atomic mass is 16.6. The van der Waals surface area contributed by atoms with Crippen molar-refractivity contribution in [3.05, 3.63) is 11.6 Å². The van der Waals surface area contributed by atoms with Crippen LogP contribution >= 0.6 is 0 Å². The van der Waals surface area contributed by atoms with Gasteiger partial charge in [-0.3, -0.25) is 0 Å². The highest BCUT2D eigenvalue weighted by Crippen LogP contribution is 2.43. The predicted octanol–water partition coefficient (Wildman–Crippen LogP) is 0.292. The van der Waals surface area contributed by atoms with Gasteiger partial charge in [0.2, 0.25) is 0 Å². The van der Waals surface area contributed by atoms with Crippen LogP contribution in [0.1, 0.15) is 5.56 Å². The maximum atomic E-state index is 8.95. The normalized spacial score (nSPS) is 18.9. The number of fused-ring (bicyclic) bond motifs is 1. The Morgan fingerprint density at radius 1 is 1.47 bits per heavy atom. The Bertz CT molecular complexity index is 393. The van der Waals surface area contributed by atoms with Gasteiger partial charge in [0.25, 0.3) is 0 Å². The minimum absolute atomic E-state index is 0.105. The highest BCUT2D eigenvalue weighted by Gasteiger charge is 2.25. The minimum Gasteiger partial charge on any atom is -0.484 e. The van der Waals surface area contributed by atoms with Crippen LogP contribution < -0.4 is 20.9 Å². The van der Waals surface area contributed by atoms with Crippen LogP contribution in [-0.4, -0.2) is 24.4 Å². The summed E-state index contributed by atoms with van der Waals surface area (Å²) in [4.78, 5) is 0. The molecule has 5 N–H and O–H groups in total. The minimum atomic E-state index is -0.373. The number of ether oxygens (including phenoxy) is 2. The molecule has 1 atom stereocenters. The molecule has 15 heavy (non-hydrogen) atoms. The van der Waals surface area contributed by atoms with E-state index in [-0.39, 0.29) is 19.3 Å². The molecular weight excluding hydrogens is 196 g/mol. The molecule has 2 rings (SSSR count). The molecule has 0 saturated carbocycles. The molecule has 0 saturated heterocycles. The fourth-order valence-electron chi connectivity index (χ4n) is 1.54. The number of rotatable bonds is 1. The molecule has 1 heterocycles. The average molecular weight is 210 g/mol. The van der Waals surface area contributed by atoms with Crippen molar-refractivity contribution in [2.24, 2.45) is 0 Å². The lowest BCUT2D eigenvalue weighted by Crippen LogP contribution is -2.33. The lowest BCUT2D eigenvalue weighted by Gasteiger charge is -2.27. The van der Waals surface area contributed by atoms with Gasteiger partial charge >= 0.3 is 0 Å². The zero-order valence-corrected chi connectivity index (χ0v) is 8.49. The molecule has 1 aliphatic rings. The van der Waals surface area contributed by atoms with E-state index in [1.54, 1.807) is 6.07 Å². The molecule has 0 fully saturated rings. The second-order valence-electron chi connectivity index (χ2n) is 3.59. The van der Waals surface area contributed by atoms with E-state index in [4.69, 9.17) is 26.0 Å². The van der Waals surface area contributed by atoms with E-state index in [0.29, 0.717) is 22.9 Å². The number of aliphatic hydroxyl groups excluding tert-OH is 1. The largest absolute Gasteiger partial charge is 0.484 e. The summed E-state index contributed by atoms with van der Waals surface area (Å²) in [5, 5.41) is 8.95. The van der Waals surface area contributed by atoms with Gasteiger partial charge in [0, 0.05) is 0 Å². The molecule has 5 heteroatoms. The topological polar surface area (TPSA) is 90.7 Å². The molecule has 0 aromatic heterocycles. The predicted molar refractivity (Wildman–Crippen MR) is 57.0 cm³/mol. The summed E-state index contributed by atoms with van der Waals surface area (Å²) in [5.41, 5.74) is 13.5. The number of aliphatic hydroxyl groups is 1. The van der Waals surface area contributed by atoms with Crippen LogP contribution in [0, 0.1) is 6.92 Å². The monoisotopic (exact) mass is 210 g/mol. The smallest absolute Gasteiger partial charge is 0.186 e. The Balaban J connectivity index is 2.47. The van der Waals surface area contributed by atoms with Crippen molar-refractivity contribution in [2.45, 2.75) is 13.0 Å². The molecule has 1 unspecified atom stereocenters. The Morgan fingerprint density at radius 3 is 2.87 bits per heavy atom. The Labute approximate surface area is 87.6 Å². The van der Waals surface area contributed by atoms with Crippen LogP contribution in [0.5, 0.6) is 11.5 Å². The van der Waals surface area contributed by atoms with Crippen LogP contribution in [0.3, 0.4) is 0 Å². The Hall–Kier alpha value is -1.62. The number of anilines is 2. The summed E-state index contributed by atoms with van der Waals surface area (Å²) in [5.74, 6) is 0.917. The van der Waals surface area contributed by atoms with Crippen molar-refractivity contribution in [2.75, 3.05) is 24.7 Å². The van der Waals surface area contributed by atoms with Crippen LogP contribution in [0.4, 0.5) is 11.4 Å². The van der Waals surface area contributed by atoms with Gasteiger partial charge in [-0.2, -0.15) is 0 Å². The zero-order chi connectivity index (χ0) is 11.0. The van der Waals surface area contributed by atoms with Gasteiger partial charge in [-0.25, -0.2) is 0 Å². The van der Waals surface area contributed by atoms with E-state index in [1.165, 1.54) is 0 Å². The van der Waals surface area contributed by atoms with Crippen LogP contribution in [0.15, 0.2) is 6.07 Å². The van der Waals surface area contributed by atoms with Gasteiger partial charge in [-0.15, -0.1) is 0 Å². The van der Waals surface area contributed by atoms with Gasteiger partial charge in [0.15, 0.2) is 17.6 Å². The van der Waals surface area contributed by atoms with Gasteiger partial charge in [0.1, 0.15) is 6.61 Å². The van der Waals surface area contributed by atoms with Crippen molar-refractivity contribution < 1.29 is 14.6 Å². The molecule has 1 aromatic rings. The summed E-state index contributed by atoms with van der Waals surface area (Å²) >= 11 is 0. The molecule has 82 valence electrons. The van der Waals surface area contributed by atoms with Crippen LogP contribution in [0.25, 0.3) is 0 Å². The molecular formula is C10H14N2O3. The number of nitrogens with two attached hydrogens (primary N) is 2. The standard InChI is InChI=1S/C10H14N2O3/c1-5-2-7(11)9-10(8(5)12)14-4-6(3-13)15-9/h2,6,13H,3-4,11-12H2,1H3. The third kappa shape index (κ3) is 1.55. The maximum absolute atomic E-state index is 8.95. The zero-order valence-electron chi connectivity index (χ0n) is 8.49. The van der Waals surface area contributed by atoms with Gasteiger partial charge < -0.3 is 26.0 Å². The quantitative estimate of drug-likeness (QED) is 0.579. The first kappa shape index (κ1) is 9.92. The van der Waals surface area contributed by atoms with Crippen molar-refractivity contribution in [3.8, 4) is 11.5 Å². The van der Waals surface area contributed by atoms with Gasteiger partial charge in [0.05, 0.1) is 18.0 Å². The van der Waals surface area contributed by atoms with Gasteiger partial charge in [-0.05, 0) is 18.6 Å². The first-order valence-corrected chi connectivity index (χ1v) is 4.72. The number of benzene rings is 1. The maximum Gasteiger partial charge on any atom is 0.186 e. The van der Waals surface area contributed by atoms with E-state index in [0.717, 1.165) is 5.56 Å². The summed E-state index contributed by atoms with van der Waals surface area (Å²) in [6, 6.07) is 1.73. The number of nitrogen functional groups attached to an aromatic ring is 2. The summed E-state index contributed by atoms with van der Waals surface area (Å²) in [6.45, 7) is 2.04. The molecule has 1 aromatic carbocycles. The molecule has 0 amide bonds. The van der Waals surface area contributed by atoms with E-state index in [9.17, 15) is 0 Å². The SMILES string of the molecule is Cc1cc(N)c2c(c1N)OCC(CO)O2. The number of hydrogen-bond acceptors (Lipinski definition) is 5. The fourth-order valence-corrected chi connectivity index (χ4v) is 1.54. The third-order valence-electron chi connectivity index (χ3n) is 2.41. The van der Waals surface area contributed by atoms with E-state index in [1.807, 2.05) is 6.92 Å². The molecule has 5 nitrogen and oxygen atoms in total. The summed E-state index contributed by atoms with van der Waals surface area (Å²) < 4.78 is 10.9. The highest BCUT2D eigenvalue weighted by molar-refractivity contribution is 5.74. The van der Waals surface area contributed by atoms with Gasteiger partial charge in [-0.1, -0.05) is 0 Å². The van der Waals surface area contributed by atoms with Crippen molar-refractivity contribution >= 4 is 11.4 Å². The summed E-state index contributed by atoms with van der Waals surface area (Å²) in [6.07, 6.45) is -0.373. The van der Waals surface area contributed by atoms with E-state index in [2.05, 4.69) is 0 Å². The first-order valence-electron chi connectivity index (χ1n) is 4.72. The molecule has 0 bridgehead atoms. The first-order chi connectivity index (χ1) is 7.13. The summed E-state index contributed by atoms with van der Waals surface area (Å²) in [7, 11) is 0. The number of aryl methyl sites for hydroxylation is 1.